The lowest BCUT2D eigenvalue weighted by Gasteiger charge is -2.36. The van der Waals surface area contributed by atoms with E-state index in [0.29, 0.717) is 18.8 Å². The minimum atomic E-state index is -5.08. The molecule has 1 aliphatic heterocycles. The summed E-state index contributed by atoms with van der Waals surface area (Å²) in [5.74, 6) is -4.58. The molecule has 0 unspecified atom stereocenters. The number of benzene rings is 2. The first-order valence-corrected chi connectivity index (χ1v) is 11.7. The number of alkyl halides is 3. The van der Waals surface area contributed by atoms with Crippen molar-refractivity contribution in [3.8, 4) is 0 Å². The largest absolute Gasteiger partial charge is 0.490 e. The topological polar surface area (TPSA) is 127 Å². The molecule has 0 spiro atoms. The molecule has 9 nitrogen and oxygen atoms in total. The van der Waals surface area contributed by atoms with Crippen molar-refractivity contribution in [3.05, 3.63) is 53.8 Å². The molecule has 2 aromatic rings. The van der Waals surface area contributed by atoms with Crippen LogP contribution in [0.15, 0.2) is 47.4 Å². The molecule has 0 amide bonds. The van der Waals surface area contributed by atoms with E-state index in [2.05, 4.69) is 16.5 Å². The zero-order valence-electron chi connectivity index (χ0n) is 18.4. The maximum Gasteiger partial charge on any atom is 0.490 e. The Kier molecular flexibility index (Phi) is 9.04. The molecule has 0 aliphatic carbocycles. The average molecular weight is 521 g/mol. The summed E-state index contributed by atoms with van der Waals surface area (Å²) in [4.78, 5) is 24.3. The first kappa shape index (κ1) is 27.9. The number of sulfonamides is 1. The monoisotopic (exact) mass is 521 g/mol. The van der Waals surface area contributed by atoms with Gasteiger partial charge in [-0.25, -0.2) is 22.4 Å². The van der Waals surface area contributed by atoms with Crippen molar-refractivity contribution in [2.24, 2.45) is 0 Å². The average Bonchev–Trinajstić information content (AvgIpc) is 2.78. The van der Waals surface area contributed by atoms with Crippen molar-refractivity contribution in [2.75, 3.05) is 42.3 Å². The Balaban J connectivity index is 0.000000540. The molecule has 1 aliphatic rings. The number of piperazine rings is 1. The van der Waals surface area contributed by atoms with Crippen molar-refractivity contribution in [1.29, 1.82) is 0 Å². The summed E-state index contributed by atoms with van der Waals surface area (Å²) in [5.41, 5.74) is 0.725. The lowest BCUT2D eigenvalue weighted by atomic mass is 10.1. The maximum atomic E-state index is 13.5. The van der Waals surface area contributed by atoms with Crippen molar-refractivity contribution >= 4 is 33.3 Å². The number of carboxylic acids is 2. The van der Waals surface area contributed by atoms with E-state index in [1.54, 1.807) is 6.07 Å². The summed E-state index contributed by atoms with van der Waals surface area (Å²) in [6.07, 6.45) is -5.08. The number of nitrogens with one attached hydrogen (secondary N) is 1. The molecule has 35 heavy (non-hydrogen) atoms. The number of carboxylic acid groups (broad SMARTS) is 2. The van der Waals surface area contributed by atoms with Crippen LogP contribution in [-0.2, 0) is 14.8 Å². The molecule has 2 aromatic carbocycles. The molecular weight excluding hydrogens is 498 g/mol. The summed E-state index contributed by atoms with van der Waals surface area (Å²) in [6.45, 7) is 6.05. The quantitative estimate of drug-likeness (QED) is 0.495. The zero-order chi connectivity index (χ0) is 26.4. The van der Waals surface area contributed by atoms with E-state index in [9.17, 15) is 35.9 Å². The molecule has 0 radical (unpaired) electrons. The van der Waals surface area contributed by atoms with Gasteiger partial charge >= 0.3 is 18.1 Å². The Bertz CT molecular complexity index is 1170. The van der Waals surface area contributed by atoms with Gasteiger partial charge in [-0.15, -0.1) is 0 Å². The van der Waals surface area contributed by atoms with Gasteiger partial charge in [0.25, 0.3) is 10.0 Å². The van der Waals surface area contributed by atoms with Gasteiger partial charge in [0.2, 0.25) is 0 Å². The van der Waals surface area contributed by atoms with Crippen LogP contribution < -0.4 is 9.62 Å². The van der Waals surface area contributed by atoms with Crippen molar-refractivity contribution < 1.29 is 45.8 Å². The summed E-state index contributed by atoms with van der Waals surface area (Å²) < 4.78 is 73.1. The van der Waals surface area contributed by atoms with Crippen LogP contribution in [0.3, 0.4) is 0 Å². The minimum Gasteiger partial charge on any atom is -0.478 e. The number of nitrogens with zero attached hydrogens (tertiary/aromatic N) is 2. The Morgan fingerprint density at radius 2 is 1.63 bits per heavy atom. The fourth-order valence-corrected chi connectivity index (χ4v) is 4.27. The number of carbonyl (C=O) groups is 2. The Morgan fingerprint density at radius 3 is 2.11 bits per heavy atom. The molecule has 3 N–H and O–H groups in total. The smallest absolute Gasteiger partial charge is 0.478 e. The van der Waals surface area contributed by atoms with E-state index in [1.807, 2.05) is 4.90 Å². The number of aromatic carboxylic acids is 1. The Morgan fingerprint density at radius 1 is 1.03 bits per heavy atom. The molecule has 1 fully saturated rings. The molecular formula is C21H23F4N3O6S. The third-order valence-corrected chi connectivity index (χ3v) is 6.36. The number of hydrogen-bond donors (Lipinski definition) is 3. The lowest BCUT2D eigenvalue weighted by molar-refractivity contribution is -0.192. The molecule has 0 aromatic heterocycles. The Hall–Kier alpha value is -3.39. The minimum absolute atomic E-state index is 0.0344. The number of rotatable bonds is 6. The van der Waals surface area contributed by atoms with Gasteiger partial charge in [-0.1, -0.05) is 13.0 Å². The summed E-state index contributed by atoms with van der Waals surface area (Å²) in [6, 6.07) is 9.01. The van der Waals surface area contributed by atoms with Crippen LogP contribution in [0.4, 0.5) is 28.9 Å². The highest BCUT2D eigenvalue weighted by Gasteiger charge is 2.38. The van der Waals surface area contributed by atoms with Crippen LogP contribution in [0.1, 0.15) is 17.3 Å². The van der Waals surface area contributed by atoms with Crippen molar-refractivity contribution in [2.45, 2.75) is 18.0 Å². The second-order valence-corrected chi connectivity index (χ2v) is 9.01. The Labute approximate surface area is 198 Å². The van der Waals surface area contributed by atoms with E-state index in [4.69, 9.17) is 9.90 Å². The summed E-state index contributed by atoms with van der Waals surface area (Å²) in [5, 5.41) is 16.4. The predicted octanol–water partition coefficient (Wildman–Crippen LogP) is 3.10. The predicted molar refractivity (Wildman–Crippen MR) is 119 cm³/mol. The van der Waals surface area contributed by atoms with Gasteiger partial charge in [0.1, 0.15) is 5.82 Å². The van der Waals surface area contributed by atoms with Crippen LogP contribution in [0, 0.1) is 5.82 Å². The maximum absolute atomic E-state index is 13.5. The fourth-order valence-electron chi connectivity index (χ4n) is 3.17. The molecule has 1 saturated heterocycles. The zero-order valence-corrected chi connectivity index (χ0v) is 19.2. The van der Waals surface area contributed by atoms with Gasteiger partial charge in [-0.3, -0.25) is 4.72 Å². The first-order chi connectivity index (χ1) is 16.2. The molecule has 14 heteroatoms. The van der Waals surface area contributed by atoms with Crippen LogP contribution in [-0.4, -0.2) is 74.4 Å². The van der Waals surface area contributed by atoms with Gasteiger partial charge in [-0.05, 0) is 42.9 Å². The van der Waals surface area contributed by atoms with E-state index >= 15 is 0 Å². The molecule has 3 rings (SSSR count). The third kappa shape index (κ3) is 7.82. The molecule has 1 heterocycles. The van der Waals surface area contributed by atoms with Crippen LogP contribution in [0.5, 0.6) is 0 Å². The second-order valence-electron chi connectivity index (χ2n) is 7.32. The van der Waals surface area contributed by atoms with E-state index < -0.39 is 34.0 Å². The number of hydrogen-bond acceptors (Lipinski definition) is 6. The standard InChI is InChI=1S/C19H22FN3O4S.C2HF3O2/c1-2-22-8-10-23(11-9-22)18-7-6-14(19(24)25)12-17(18)21-28(26,27)16-5-3-4-15(20)13-16;3-2(4,5)1(6)7/h3-7,12-13,21H,2,8-11H2,1H3,(H,24,25);(H,6,7). The van der Waals surface area contributed by atoms with Gasteiger partial charge in [0.15, 0.2) is 0 Å². The SMILES string of the molecule is CCN1CCN(c2ccc(C(=O)O)cc2NS(=O)(=O)c2cccc(F)c2)CC1.O=C(O)C(F)(F)F. The highest BCUT2D eigenvalue weighted by Crippen LogP contribution is 2.30. The molecule has 192 valence electrons. The van der Waals surface area contributed by atoms with Crippen LogP contribution >= 0.6 is 0 Å². The first-order valence-electron chi connectivity index (χ1n) is 10.2. The van der Waals surface area contributed by atoms with Gasteiger partial charge in [-0.2, -0.15) is 13.2 Å². The third-order valence-electron chi connectivity index (χ3n) is 5.00. The highest BCUT2D eigenvalue weighted by molar-refractivity contribution is 7.92. The molecule has 0 saturated carbocycles. The number of likely N-dealkylation sites (N-methyl/N-ethyl adjacent to an activating group) is 1. The molecule has 0 bridgehead atoms. The van der Waals surface area contributed by atoms with Gasteiger partial charge in [0, 0.05) is 26.2 Å². The van der Waals surface area contributed by atoms with Gasteiger partial charge in [0.05, 0.1) is 21.8 Å². The van der Waals surface area contributed by atoms with Crippen LogP contribution in [0.25, 0.3) is 0 Å². The highest BCUT2D eigenvalue weighted by atomic mass is 32.2. The fraction of sp³-hybridized carbons (Fsp3) is 0.333. The molecule has 0 atom stereocenters. The van der Waals surface area contributed by atoms with E-state index in [1.165, 1.54) is 24.3 Å². The lowest BCUT2D eigenvalue weighted by Crippen LogP contribution is -2.46. The number of aliphatic carboxylic acids is 1. The van der Waals surface area contributed by atoms with Crippen molar-refractivity contribution in [3.63, 3.8) is 0 Å². The normalized spacial score (nSPS) is 14.6. The number of halogens is 4. The van der Waals surface area contributed by atoms with Crippen molar-refractivity contribution in [1.82, 2.24) is 4.90 Å². The second kappa shape index (κ2) is 11.4. The van der Waals surface area contributed by atoms with Crippen LogP contribution in [0.2, 0.25) is 0 Å². The van der Waals surface area contributed by atoms with E-state index in [0.717, 1.165) is 31.8 Å². The summed E-state index contributed by atoms with van der Waals surface area (Å²) >= 11 is 0. The number of anilines is 2. The summed E-state index contributed by atoms with van der Waals surface area (Å²) in [7, 11) is -4.07. The van der Waals surface area contributed by atoms with Gasteiger partial charge < -0.3 is 20.0 Å². The van der Waals surface area contributed by atoms with E-state index in [-0.39, 0.29) is 16.1 Å².